The number of nitro groups is 1. The van der Waals surface area contributed by atoms with Gasteiger partial charge in [-0.05, 0) is 30.7 Å². The zero-order valence-electron chi connectivity index (χ0n) is 14.5. The summed E-state index contributed by atoms with van der Waals surface area (Å²) in [5.74, 6) is 1.58. The zero-order chi connectivity index (χ0) is 19.0. The lowest BCUT2D eigenvalue weighted by molar-refractivity contribution is -0.385. The van der Waals surface area contributed by atoms with Gasteiger partial charge in [-0.3, -0.25) is 14.9 Å². The summed E-state index contributed by atoms with van der Waals surface area (Å²) < 4.78 is 1.71. The third-order valence-corrected chi connectivity index (χ3v) is 5.35. The first-order valence-corrected chi connectivity index (χ1v) is 9.50. The standard InChI is InChI=1S/C19H16N4O3S/c1-12-5-4-6-13(9-12)22-18(15-10-27-11-16(15)21-22)20-19(24)14-7-2-3-8-17(14)23(25)26/h2-9H,10-11H2,1H3,(H,20,24). The summed E-state index contributed by atoms with van der Waals surface area (Å²) in [6.45, 7) is 1.99. The molecule has 2 heterocycles. The van der Waals surface area contributed by atoms with E-state index in [0.717, 1.165) is 34.0 Å². The molecule has 1 N–H and O–H groups in total. The molecule has 0 fully saturated rings. The van der Waals surface area contributed by atoms with Crippen LogP contribution in [0.4, 0.5) is 11.5 Å². The predicted molar refractivity (Wildman–Crippen MR) is 104 cm³/mol. The molecule has 27 heavy (non-hydrogen) atoms. The fourth-order valence-electron chi connectivity index (χ4n) is 3.09. The Morgan fingerprint density at radius 3 is 2.81 bits per heavy atom. The third-order valence-electron chi connectivity index (χ3n) is 4.38. The van der Waals surface area contributed by atoms with Crippen LogP contribution in [0.15, 0.2) is 48.5 Å². The lowest BCUT2D eigenvalue weighted by Crippen LogP contribution is -2.17. The Morgan fingerprint density at radius 2 is 2.04 bits per heavy atom. The molecule has 0 saturated carbocycles. The second-order valence-corrected chi connectivity index (χ2v) is 7.23. The Kier molecular flexibility index (Phi) is 4.41. The van der Waals surface area contributed by atoms with Crippen molar-refractivity contribution in [2.75, 3.05) is 5.32 Å². The normalized spacial score (nSPS) is 12.6. The molecule has 1 amide bonds. The van der Waals surface area contributed by atoms with E-state index in [1.807, 2.05) is 31.2 Å². The number of fused-ring (bicyclic) bond motifs is 1. The molecule has 2 aromatic carbocycles. The molecule has 0 atom stereocenters. The number of thioether (sulfide) groups is 1. The zero-order valence-corrected chi connectivity index (χ0v) is 15.3. The van der Waals surface area contributed by atoms with E-state index < -0.39 is 10.8 Å². The highest BCUT2D eigenvalue weighted by Crippen LogP contribution is 2.36. The van der Waals surface area contributed by atoms with Crippen LogP contribution in [0.2, 0.25) is 0 Å². The van der Waals surface area contributed by atoms with E-state index in [2.05, 4.69) is 10.4 Å². The average Bonchev–Trinajstić information content (AvgIpc) is 3.24. The highest BCUT2D eigenvalue weighted by atomic mass is 32.2. The minimum absolute atomic E-state index is 0.0268. The molecule has 0 aliphatic carbocycles. The number of benzene rings is 2. The van der Waals surface area contributed by atoms with Gasteiger partial charge in [-0.15, -0.1) is 0 Å². The molecule has 1 aliphatic rings. The Labute approximate surface area is 159 Å². The molecule has 0 unspecified atom stereocenters. The summed E-state index contributed by atoms with van der Waals surface area (Å²) in [7, 11) is 0. The summed E-state index contributed by atoms with van der Waals surface area (Å²) in [6, 6.07) is 13.8. The van der Waals surface area contributed by atoms with Gasteiger partial charge < -0.3 is 5.32 Å². The summed E-state index contributed by atoms with van der Waals surface area (Å²) in [5.41, 5.74) is 3.62. The summed E-state index contributed by atoms with van der Waals surface area (Å²) in [5, 5.41) is 18.8. The molecule has 0 saturated heterocycles. The number of hydrogen-bond donors (Lipinski definition) is 1. The van der Waals surface area contributed by atoms with Crippen molar-refractivity contribution in [1.29, 1.82) is 0 Å². The van der Waals surface area contributed by atoms with Gasteiger partial charge in [0.1, 0.15) is 11.4 Å². The van der Waals surface area contributed by atoms with Crippen molar-refractivity contribution in [2.45, 2.75) is 18.4 Å². The number of nitro benzene ring substituents is 1. The maximum atomic E-state index is 12.8. The molecule has 4 rings (SSSR count). The average molecular weight is 380 g/mol. The number of aromatic nitrogens is 2. The van der Waals surface area contributed by atoms with E-state index in [0.29, 0.717) is 5.82 Å². The summed E-state index contributed by atoms with van der Waals surface area (Å²) >= 11 is 1.73. The number of rotatable bonds is 4. The molecule has 136 valence electrons. The van der Waals surface area contributed by atoms with Gasteiger partial charge in [0.2, 0.25) is 0 Å². The first kappa shape index (κ1) is 17.3. The van der Waals surface area contributed by atoms with Crippen molar-refractivity contribution in [3.05, 3.63) is 81.0 Å². The second kappa shape index (κ2) is 6.88. The first-order chi connectivity index (χ1) is 13.0. The van der Waals surface area contributed by atoms with E-state index in [-0.39, 0.29) is 11.3 Å². The number of anilines is 1. The van der Waals surface area contributed by atoms with E-state index in [9.17, 15) is 14.9 Å². The van der Waals surface area contributed by atoms with Crippen LogP contribution in [0.25, 0.3) is 5.69 Å². The topological polar surface area (TPSA) is 90.1 Å². The predicted octanol–water partition coefficient (Wildman–Crippen LogP) is 4.09. The van der Waals surface area contributed by atoms with Crippen LogP contribution >= 0.6 is 11.8 Å². The Morgan fingerprint density at radius 1 is 1.22 bits per heavy atom. The monoisotopic (exact) mass is 380 g/mol. The molecule has 1 aliphatic heterocycles. The largest absolute Gasteiger partial charge is 0.306 e. The van der Waals surface area contributed by atoms with Crippen LogP contribution in [-0.2, 0) is 11.5 Å². The number of para-hydroxylation sites is 1. The Hall–Kier alpha value is -3.13. The van der Waals surface area contributed by atoms with Gasteiger partial charge in [-0.2, -0.15) is 16.9 Å². The maximum Gasteiger partial charge on any atom is 0.282 e. The molecule has 7 nitrogen and oxygen atoms in total. The van der Waals surface area contributed by atoms with Crippen molar-refractivity contribution in [3.8, 4) is 5.69 Å². The fraction of sp³-hybridized carbons (Fsp3) is 0.158. The summed E-state index contributed by atoms with van der Waals surface area (Å²) in [4.78, 5) is 23.5. The van der Waals surface area contributed by atoms with Crippen LogP contribution in [-0.4, -0.2) is 20.6 Å². The number of carbonyl (C=O) groups is 1. The third kappa shape index (κ3) is 3.19. The highest BCUT2D eigenvalue weighted by Gasteiger charge is 2.27. The lowest BCUT2D eigenvalue weighted by atomic mass is 10.1. The molecule has 1 aromatic heterocycles. The molecular weight excluding hydrogens is 364 g/mol. The van der Waals surface area contributed by atoms with Gasteiger partial charge in [0.05, 0.1) is 16.3 Å². The van der Waals surface area contributed by atoms with Gasteiger partial charge in [-0.25, -0.2) is 4.68 Å². The number of nitrogens with zero attached hydrogens (tertiary/aromatic N) is 3. The first-order valence-electron chi connectivity index (χ1n) is 8.35. The number of carbonyl (C=O) groups excluding carboxylic acids is 1. The van der Waals surface area contributed by atoms with E-state index >= 15 is 0 Å². The SMILES string of the molecule is Cc1cccc(-n2nc3c(c2NC(=O)c2ccccc2[N+](=O)[O-])CSC3)c1. The molecule has 0 spiro atoms. The van der Waals surface area contributed by atoms with Crippen LogP contribution in [0.1, 0.15) is 27.2 Å². The molecule has 8 heteroatoms. The number of nitrogens with one attached hydrogen (secondary N) is 1. The quantitative estimate of drug-likeness (QED) is 0.544. The highest BCUT2D eigenvalue weighted by molar-refractivity contribution is 7.98. The van der Waals surface area contributed by atoms with Gasteiger partial charge in [0, 0.05) is 23.1 Å². The van der Waals surface area contributed by atoms with Crippen LogP contribution in [0.3, 0.4) is 0 Å². The van der Waals surface area contributed by atoms with Crippen molar-refractivity contribution in [3.63, 3.8) is 0 Å². The van der Waals surface area contributed by atoms with Crippen LogP contribution < -0.4 is 5.32 Å². The number of aryl methyl sites for hydroxylation is 1. The fourth-order valence-corrected chi connectivity index (χ4v) is 4.12. The van der Waals surface area contributed by atoms with E-state index in [4.69, 9.17) is 0 Å². The smallest absolute Gasteiger partial charge is 0.282 e. The van der Waals surface area contributed by atoms with Crippen molar-refractivity contribution in [2.24, 2.45) is 0 Å². The number of amides is 1. The summed E-state index contributed by atoms with van der Waals surface area (Å²) in [6.07, 6.45) is 0. The van der Waals surface area contributed by atoms with Crippen molar-refractivity contribution < 1.29 is 9.72 Å². The molecule has 3 aromatic rings. The van der Waals surface area contributed by atoms with E-state index in [1.54, 1.807) is 28.6 Å². The van der Waals surface area contributed by atoms with Gasteiger partial charge in [-0.1, -0.05) is 24.3 Å². The Balaban J connectivity index is 1.76. The maximum absolute atomic E-state index is 12.8. The molecule has 0 bridgehead atoms. The molecular formula is C19H16N4O3S. The van der Waals surface area contributed by atoms with Crippen molar-refractivity contribution in [1.82, 2.24) is 9.78 Å². The van der Waals surface area contributed by atoms with Crippen molar-refractivity contribution >= 4 is 29.2 Å². The van der Waals surface area contributed by atoms with Gasteiger partial charge in [0.25, 0.3) is 11.6 Å². The number of hydrogen-bond acceptors (Lipinski definition) is 5. The molecule has 0 radical (unpaired) electrons. The Bertz CT molecular complexity index is 1060. The minimum Gasteiger partial charge on any atom is -0.306 e. The second-order valence-electron chi connectivity index (χ2n) is 6.25. The van der Waals surface area contributed by atoms with Crippen LogP contribution in [0, 0.1) is 17.0 Å². The lowest BCUT2D eigenvalue weighted by Gasteiger charge is -2.11. The van der Waals surface area contributed by atoms with Crippen LogP contribution in [0.5, 0.6) is 0 Å². The van der Waals surface area contributed by atoms with Gasteiger partial charge >= 0.3 is 0 Å². The van der Waals surface area contributed by atoms with Gasteiger partial charge in [0.15, 0.2) is 0 Å². The minimum atomic E-state index is -0.549. The van der Waals surface area contributed by atoms with E-state index in [1.165, 1.54) is 12.1 Å².